The standard InChI is InChI=1S/C30H24N2O6S/c1-36-26-16-21(12-14-24(26)37-19-23-13-15-25(38-23)29(34)35)17-27-28(33)32(18-20-8-4-2-5-9-20)30(39-27)31-22-10-6-3-7-11-22/h2-17H,18-19H2,1H3,(H,34,35)/b27-17-,31-30?. The lowest BCUT2D eigenvalue weighted by atomic mass is 10.1. The van der Waals surface area contributed by atoms with Gasteiger partial charge >= 0.3 is 5.97 Å². The number of methoxy groups -OCH3 is 1. The van der Waals surface area contributed by atoms with E-state index in [1.165, 1.54) is 24.9 Å². The monoisotopic (exact) mass is 540 g/mol. The smallest absolute Gasteiger partial charge is 0.371 e. The van der Waals surface area contributed by atoms with E-state index in [4.69, 9.17) is 24.0 Å². The van der Waals surface area contributed by atoms with E-state index in [1.54, 1.807) is 29.2 Å². The van der Waals surface area contributed by atoms with Gasteiger partial charge in [-0.25, -0.2) is 9.79 Å². The minimum Gasteiger partial charge on any atom is -0.493 e. The van der Waals surface area contributed by atoms with E-state index >= 15 is 0 Å². The van der Waals surface area contributed by atoms with Crippen LogP contribution >= 0.6 is 11.8 Å². The molecule has 0 radical (unpaired) electrons. The molecular weight excluding hydrogens is 516 g/mol. The van der Waals surface area contributed by atoms with Crippen molar-refractivity contribution in [2.45, 2.75) is 13.2 Å². The van der Waals surface area contributed by atoms with Gasteiger partial charge in [0.2, 0.25) is 5.76 Å². The molecule has 0 aliphatic carbocycles. The van der Waals surface area contributed by atoms with Crippen LogP contribution in [0.3, 0.4) is 0 Å². The van der Waals surface area contributed by atoms with Crippen molar-refractivity contribution in [3.05, 3.63) is 119 Å². The maximum atomic E-state index is 13.5. The van der Waals surface area contributed by atoms with Crippen LogP contribution in [0.15, 0.2) is 105 Å². The Morgan fingerprint density at radius 2 is 1.74 bits per heavy atom. The van der Waals surface area contributed by atoms with Gasteiger partial charge in [-0.05, 0) is 65.4 Å². The predicted molar refractivity (Wildman–Crippen MR) is 149 cm³/mol. The van der Waals surface area contributed by atoms with Crippen molar-refractivity contribution in [1.82, 2.24) is 4.90 Å². The Kier molecular flexibility index (Phi) is 7.79. The number of carbonyl (C=O) groups excluding carboxylic acids is 1. The molecule has 1 aliphatic heterocycles. The van der Waals surface area contributed by atoms with Gasteiger partial charge in [-0.1, -0.05) is 54.6 Å². The van der Waals surface area contributed by atoms with Gasteiger partial charge in [0.05, 0.1) is 24.2 Å². The van der Waals surface area contributed by atoms with E-state index in [-0.39, 0.29) is 18.3 Å². The van der Waals surface area contributed by atoms with Gasteiger partial charge in [-0.15, -0.1) is 0 Å². The number of amides is 1. The summed E-state index contributed by atoms with van der Waals surface area (Å²) in [5.41, 5.74) is 2.52. The minimum absolute atomic E-state index is 0.0339. The lowest BCUT2D eigenvalue weighted by Crippen LogP contribution is -2.28. The molecule has 39 heavy (non-hydrogen) atoms. The van der Waals surface area contributed by atoms with Crippen molar-refractivity contribution >= 4 is 40.6 Å². The fourth-order valence-electron chi connectivity index (χ4n) is 3.87. The molecule has 9 heteroatoms. The number of carboxylic acid groups (broad SMARTS) is 1. The molecule has 1 saturated heterocycles. The number of aliphatic imine (C=N–C) groups is 1. The second kappa shape index (κ2) is 11.7. The molecule has 0 spiro atoms. The van der Waals surface area contributed by atoms with Crippen LogP contribution in [0, 0.1) is 0 Å². The van der Waals surface area contributed by atoms with Crippen LogP contribution in [-0.2, 0) is 17.9 Å². The van der Waals surface area contributed by atoms with Crippen molar-refractivity contribution in [1.29, 1.82) is 0 Å². The fraction of sp³-hybridized carbons (Fsp3) is 0.100. The molecule has 2 heterocycles. The number of hydrogen-bond donors (Lipinski definition) is 1. The Labute approximate surface area is 229 Å². The highest BCUT2D eigenvalue weighted by atomic mass is 32.2. The zero-order valence-electron chi connectivity index (χ0n) is 20.9. The molecule has 0 unspecified atom stereocenters. The van der Waals surface area contributed by atoms with E-state index in [1.807, 2.05) is 66.7 Å². The van der Waals surface area contributed by atoms with E-state index in [0.717, 1.165) is 16.8 Å². The van der Waals surface area contributed by atoms with Crippen LogP contribution in [0.2, 0.25) is 0 Å². The predicted octanol–water partition coefficient (Wildman–Crippen LogP) is 6.37. The second-order valence-corrected chi connectivity index (χ2v) is 9.50. The molecule has 4 aromatic rings. The topological polar surface area (TPSA) is 102 Å². The number of thioether (sulfide) groups is 1. The molecule has 1 fully saturated rings. The van der Waals surface area contributed by atoms with Crippen LogP contribution in [0.4, 0.5) is 5.69 Å². The molecule has 0 bridgehead atoms. The van der Waals surface area contributed by atoms with E-state index in [9.17, 15) is 9.59 Å². The second-order valence-electron chi connectivity index (χ2n) is 8.49. The molecule has 1 amide bonds. The third-order valence-electron chi connectivity index (χ3n) is 5.78. The quantitative estimate of drug-likeness (QED) is 0.246. The van der Waals surface area contributed by atoms with Crippen molar-refractivity contribution < 1.29 is 28.6 Å². The molecule has 1 N–H and O–H groups in total. The van der Waals surface area contributed by atoms with Crippen LogP contribution in [0.25, 0.3) is 6.08 Å². The van der Waals surface area contributed by atoms with Gasteiger partial charge in [-0.2, -0.15) is 0 Å². The highest BCUT2D eigenvalue weighted by molar-refractivity contribution is 8.18. The zero-order valence-corrected chi connectivity index (χ0v) is 21.8. The summed E-state index contributed by atoms with van der Waals surface area (Å²) < 4.78 is 16.5. The Balaban J connectivity index is 1.38. The number of hydrogen-bond acceptors (Lipinski definition) is 7. The maximum absolute atomic E-state index is 13.5. The highest BCUT2D eigenvalue weighted by Crippen LogP contribution is 2.37. The summed E-state index contributed by atoms with van der Waals surface area (Å²) >= 11 is 1.32. The third-order valence-corrected chi connectivity index (χ3v) is 6.79. The van der Waals surface area contributed by atoms with Gasteiger partial charge in [0, 0.05) is 0 Å². The fourth-order valence-corrected chi connectivity index (χ4v) is 4.87. The van der Waals surface area contributed by atoms with Crippen molar-refractivity contribution in [2.24, 2.45) is 4.99 Å². The number of nitrogens with zero attached hydrogens (tertiary/aromatic N) is 2. The normalized spacial score (nSPS) is 15.2. The van der Waals surface area contributed by atoms with Crippen LogP contribution in [0.1, 0.15) is 27.4 Å². The number of amidine groups is 1. The third kappa shape index (κ3) is 6.22. The average molecular weight is 541 g/mol. The van der Waals surface area contributed by atoms with E-state index < -0.39 is 5.97 Å². The molecular formula is C30H24N2O6S. The number of ether oxygens (including phenoxy) is 2. The van der Waals surface area contributed by atoms with Crippen LogP contribution < -0.4 is 9.47 Å². The summed E-state index contributed by atoms with van der Waals surface area (Å²) in [4.78, 5) is 31.5. The number of rotatable bonds is 9. The van der Waals surface area contributed by atoms with Crippen LogP contribution in [0.5, 0.6) is 11.5 Å². The molecule has 3 aromatic carbocycles. The largest absolute Gasteiger partial charge is 0.493 e. The summed E-state index contributed by atoms with van der Waals surface area (Å²) in [6.07, 6.45) is 1.80. The number of carboxylic acids is 1. The van der Waals surface area contributed by atoms with Gasteiger partial charge in [0.15, 0.2) is 16.7 Å². The number of para-hydroxylation sites is 1. The molecule has 196 valence electrons. The Morgan fingerprint density at radius 1 is 1.00 bits per heavy atom. The zero-order chi connectivity index (χ0) is 27.2. The van der Waals surface area contributed by atoms with Crippen molar-refractivity contribution in [3.63, 3.8) is 0 Å². The van der Waals surface area contributed by atoms with Gasteiger partial charge in [0.25, 0.3) is 5.91 Å². The molecule has 0 atom stereocenters. The SMILES string of the molecule is COc1cc(/C=C2\SC(=Nc3ccccc3)N(Cc3ccccc3)C2=O)ccc1OCc1ccc(C(=O)O)o1. The van der Waals surface area contributed by atoms with E-state index in [2.05, 4.69) is 0 Å². The summed E-state index contributed by atoms with van der Waals surface area (Å²) in [5, 5.41) is 9.62. The molecule has 8 nitrogen and oxygen atoms in total. The van der Waals surface area contributed by atoms with Gasteiger partial charge < -0.3 is 19.0 Å². The molecule has 1 aromatic heterocycles. The first kappa shape index (κ1) is 25.9. The number of benzene rings is 3. The first-order chi connectivity index (χ1) is 19.0. The Hall–Kier alpha value is -4.76. The van der Waals surface area contributed by atoms with E-state index in [0.29, 0.717) is 33.9 Å². The lowest BCUT2D eigenvalue weighted by Gasteiger charge is -2.15. The Bertz CT molecular complexity index is 1550. The average Bonchev–Trinajstić information content (AvgIpc) is 3.54. The summed E-state index contributed by atoms with van der Waals surface area (Å²) in [7, 11) is 1.52. The van der Waals surface area contributed by atoms with Crippen molar-refractivity contribution in [2.75, 3.05) is 7.11 Å². The van der Waals surface area contributed by atoms with Gasteiger partial charge in [0.1, 0.15) is 12.4 Å². The lowest BCUT2D eigenvalue weighted by molar-refractivity contribution is -0.122. The molecule has 0 saturated carbocycles. The maximum Gasteiger partial charge on any atom is 0.371 e. The van der Waals surface area contributed by atoms with Gasteiger partial charge in [-0.3, -0.25) is 9.69 Å². The van der Waals surface area contributed by atoms with Crippen LogP contribution in [-0.4, -0.2) is 34.2 Å². The first-order valence-electron chi connectivity index (χ1n) is 12.0. The summed E-state index contributed by atoms with van der Waals surface area (Å²) in [5.74, 6) is -0.144. The number of aromatic carboxylic acids is 1. The number of furan rings is 1. The molecule has 5 rings (SSSR count). The summed E-state index contributed by atoms with van der Waals surface area (Å²) in [6, 6.07) is 27.6. The summed E-state index contributed by atoms with van der Waals surface area (Å²) in [6.45, 7) is 0.439. The highest BCUT2D eigenvalue weighted by Gasteiger charge is 2.33. The Morgan fingerprint density at radius 3 is 2.44 bits per heavy atom. The van der Waals surface area contributed by atoms with Crippen molar-refractivity contribution in [3.8, 4) is 11.5 Å². The number of carbonyl (C=O) groups is 2. The minimum atomic E-state index is -1.14. The molecule has 1 aliphatic rings. The first-order valence-corrected chi connectivity index (χ1v) is 12.8.